The second-order valence-corrected chi connectivity index (χ2v) is 2.90. The van der Waals surface area contributed by atoms with E-state index in [0.29, 0.717) is 0 Å². The molecule has 0 fully saturated rings. The molecule has 10 heavy (non-hydrogen) atoms. The molecular weight excluding hydrogens is 120 g/mol. The number of unbranched alkanes of at least 4 members (excludes halogenated alkanes) is 2. The smallest absolute Gasteiger partial charge is 0.0239 e. The Kier molecular flexibility index (Phi) is 6.68. The Labute approximate surface area is 65.3 Å². The molecule has 0 N–H and O–H groups in total. The molecule has 0 aliphatic carbocycles. The highest BCUT2D eigenvalue weighted by Gasteiger charge is 1.98. The number of hydrogen-bond acceptors (Lipinski definition) is 0. The van der Waals surface area contributed by atoms with E-state index in [1.54, 1.807) is 0 Å². The lowest BCUT2D eigenvalue weighted by Gasteiger charge is -2.07. The molecule has 0 aliphatic rings. The summed E-state index contributed by atoms with van der Waals surface area (Å²) in [5.74, 6) is 0.770. The first-order valence-corrected chi connectivity index (χ1v) is 4.47. The Balaban J connectivity index is 3.17. The van der Waals surface area contributed by atoms with Crippen molar-refractivity contribution in [3.63, 3.8) is 0 Å². The summed E-state index contributed by atoms with van der Waals surface area (Å²) in [5.41, 5.74) is 0. The van der Waals surface area contributed by atoms with Crippen LogP contribution in [0.4, 0.5) is 0 Å². The summed E-state index contributed by atoms with van der Waals surface area (Å²) < 4.78 is 0. The van der Waals surface area contributed by atoms with Gasteiger partial charge in [0.15, 0.2) is 0 Å². The van der Waals surface area contributed by atoms with Crippen molar-refractivity contribution in [2.75, 3.05) is 0 Å². The predicted molar refractivity (Wildman–Crippen MR) is 48.1 cm³/mol. The zero-order chi connectivity index (χ0) is 7.82. The van der Waals surface area contributed by atoms with E-state index < -0.39 is 0 Å². The molecule has 0 saturated carbocycles. The van der Waals surface area contributed by atoms with E-state index in [9.17, 15) is 0 Å². The first kappa shape index (κ1) is 9.74. The van der Waals surface area contributed by atoms with Crippen LogP contribution in [0.1, 0.15) is 46.0 Å². The Morgan fingerprint density at radius 2 is 2.00 bits per heavy atom. The minimum atomic E-state index is 0.770. The second-order valence-electron chi connectivity index (χ2n) is 2.90. The molecule has 0 heterocycles. The summed E-state index contributed by atoms with van der Waals surface area (Å²) in [4.78, 5) is 0. The van der Waals surface area contributed by atoms with Gasteiger partial charge >= 0.3 is 0 Å². The van der Waals surface area contributed by atoms with Crippen LogP contribution in [-0.4, -0.2) is 0 Å². The molecule has 0 aromatic carbocycles. The van der Waals surface area contributed by atoms with E-state index in [4.69, 9.17) is 0 Å². The molecule has 60 valence electrons. The Hall–Kier alpha value is -0.260. The fraction of sp³-hybridized carbons (Fsp3) is 0.800. The van der Waals surface area contributed by atoms with Crippen molar-refractivity contribution in [3.05, 3.63) is 12.7 Å². The van der Waals surface area contributed by atoms with Gasteiger partial charge in [-0.2, -0.15) is 0 Å². The lowest BCUT2D eigenvalue weighted by Crippen LogP contribution is -1.92. The lowest BCUT2D eigenvalue weighted by molar-refractivity contribution is 0.527. The van der Waals surface area contributed by atoms with Crippen molar-refractivity contribution in [2.45, 2.75) is 46.0 Å². The van der Waals surface area contributed by atoms with E-state index in [1.807, 2.05) is 0 Å². The zero-order valence-corrected chi connectivity index (χ0v) is 7.40. The molecule has 0 amide bonds. The van der Waals surface area contributed by atoms with Gasteiger partial charge in [-0.1, -0.05) is 39.2 Å². The highest BCUT2D eigenvalue weighted by atomic mass is 14.0. The number of rotatable bonds is 6. The van der Waals surface area contributed by atoms with Crippen LogP contribution < -0.4 is 0 Å². The van der Waals surface area contributed by atoms with Crippen molar-refractivity contribution in [1.82, 2.24) is 0 Å². The molecule has 0 saturated heterocycles. The molecule has 0 bridgehead atoms. The predicted octanol–water partition coefficient (Wildman–Crippen LogP) is 3.78. The largest absolute Gasteiger partial charge is 0.103 e. The fourth-order valence-corrected chi connectivity index (χ4v) is 1.15. The highest BCUT2D eigenvalue weighted by molar-refractivity contribution is 4.77. The van der Waals surface area contributed by atoms with Gasteiger partial charge in [-0.25, -0.2) is 0 Å². The van der Waals surface area contributed by atoms with Gasteiger partial charge in [-0.05, 0) is 18.8 Å². The second kappa shape index (κ2) is 6.85. The molecule has 0 aromatic heterocycles. The minimum Gasteiger partial charge on any atom is -0.103 e. The van der Waals surface area contributed by atoms with Crippen LogP contribution in [0.2, 0.25) is 0 Å². The van der Waals surface area contributed by atoms with Crippen LogP contribution in [0, 0.1) is 5.92 Å². The van der Waals surface area contributed by atoms with Gasteiger partial charge in [-0.3, -0.25) is 0 Å². The first-order chi connectivity index (χ1) is 4.85. The third-order valence-electron chi connectivity index (χ3n) is 2.04. The van der Waals surface area contributed by atoms with Gasteiger partial charge in [0.1, 0.15) is 0 Å². The van der Waals surface area contributed by atoms with Gasteiger partial charge in [0.25, 0.3) is 0 Å². The Morgan fingerprint density at radius 3 is 2.40 bits per heavy atom. The monoisotopic (exact) mass is 140 g/mol. The molecular formula is C10H20. The highest BCUT2D eigenvalue weighted by Crippen LogP contribution is 2.13. The lowest BCUT2D eigenvalue weighted by atomic mass is 9.99. The number of allylic oxidation sites excluding steroid dienone is 1. The van der Waals surface area contributed by atoms with Crippen molar-refractivity contribution in [1.29, 1.82) is 0 Å². The molecule has 0 aliphatic heterocycles. The van der Waals surface area contributed by atoms with Crippen molar-refractivity contribution < 1.29 is 0 Å². The van der Waals surface area contributed by atoms with Crippen LogP contribution in [0.15, 0.2) is 12.7 Å². The fourth-order valence-electron chi connectivity index (χ4n) is 1.15. The quantitative estimate of drug-likeness (QED) is 0.389. The van der Waals surface area contributed by atoms with Crippen LogP contribution in [0.5, 0.6) is 0 Å². The van der Waals surface area contributed by atoms with E-state index in [0.717, 1.165) is 5.92 Å². The molecule has 0 radical (unpaired) electrons. The molecule has 1 atom stereocenters. The summed E-state index contributed by atoms with van der Waals surface area (Å²) in [6.07, 6.45) is 8.77. The Bertz CT molecular complexity index is 74.1. The van der Waals surface area contributed by atoms with Crippen LogP contribution >= 0.6 is 0 Å². The Morgan fingerprint density at radius 1 is 1.30 bits per heavy atom. The van der Waals surface area contributed by atoms with Gasteiger partial charge in [0.2, 0.25) is 0 Å². The standard InChI is InChI=1S/C10H20/c1-4-7-8-9-10(5-2)6-3/h5,10H,2,4,6-9H2,1,3H3/t10-/m1/s1. The van der Waals surface area contributed by atoms with Gasteiger partial charge in [0, 0.05) is 0 Å². The molecule has 0 unspecified atom stereocenters. The van der Waals surface area contributed by atoms with Crippen molar-refractivity contribution >= 4 is 0 Å². The van der Waals surface area contributed by atoms with Gasteiger partial charge in [0.05, 0.1) is 0 Å². The van der Waals surface area contributed by atoms with E-state index in [1.165, 1.54) is 32.1 Å². The molecule has 0 nitrogen and oxygen atoms in total. The molecule has 0 rings (SSSR count). The summed E-state index contributed by atoms with van der Waals surface area (Å²) in [6.45, 7) is 8.29. The van der Waals surface area contributed by atoms with Crippen LogP contribution in [0.3, 0.4) is 0 Å². The topological polar surface area (TPSA) is 0 Å². The van der Waals surface area contributed by atoms with E-state index in [2.05, 4.69) is 26.5 Å². The van der Waals surface area contributed by atoms with Crippen molar-refractivity contribution in [2.24, 2.45) is 5.92 Å². The normalized spacial score (nSPS) is 13.0. The summed E-state index contributed by atoms with van der Waals surface area (Å²) >= 11 is 0. The molecule has 0 aromatic rings. The van der Waals surface area contributed by atoms with E-state index in [-0.39, 0.29) is 0 Å². The summed E-state index contributed by atoms with van der Waals surface area (Å²) in [7, 11) is 0. The average Bonchev–Trinajstić information content (AvgIpc) is 1.99. The summed E-state index contributed by atoms with van der Waals surface area (Å²) in [6, 6.07) is 0. The van der Waals surface area contributed by atoms with E-state index >= 15 is 0 Å². The molecule has 0 heteroatoms. The maximum absolute atomic E-state index is 3.81. The van der Waals surface area contributed by atoms with Crippen LogP contribution in [-0.2, 0) is 0 Å². The third kappa shape index (κ3) is 4.60. The number of hydrogen-bond donors (Lipinski definition) is 0. The van der Waals surface area contributed by atoms with Gasteiger partial charge < -0.3 is 0 Å². The maximum Gasteiger partial charge on any atom is -0.0239 e. The average molecular weight is 140 g/mol. The zero-order valence-electron chi connectivity index (χ0n) is 7.40. The van der Waals surface area contributed by atoms with Crippen LogP contribution in [0.25, 0.3) is 0 Å². The maximum atomic E-state index is 3.81. The molecule has 0 spiro atoms. The first-order valence-electron chi connectivity index (χ1n) is 4.47. The summed E-state index contributed by atoms with van der Waals surface area (Å²) in [5, 5.41) is 0. The minimum absolute atomic E-state index is 0.770. The third-order valence-corrected chi connectivity index (χ3v) is 2.04. The SMILES string of the molecule is C=C[C@H](CC)CCCCC. The van der Waals surface area contributed by atoms with Gasteiger partial charge in [-0.15, -0.1) is 6.58 Å². The van der Waals surface area contributed by atoms with Crippen molar-refractivity contribution in [3.8, 4) is 0 Å².